The summed E-state index contributed by atoms with van der Waals surface area (Å²) in [4.78, 5) is 8.71. The molecule has 1 atom stereocenters. The summed E-state index contributed by atoms with van der Waals surface area (Å²) in [5.41, 5.74) is 4.28. The molecule has 0 unspecified atom stereocenters. The number of rotatable bonds is 5. The van der Waals surface area contributed by atoms with Crippen molar-refractivity contribution in [2.45, 2.75) is 6.04 Å². The third kappa shape index (κ3) is 3.38. The molecule has 0 fully saturated rings. The Labute approximate surface area is 149 Å². The van der Waals surface area contributed by atoms with Crippen LogP contribution in [0.25, 0.3) is 21.3 Å². The van der Waals surface area contributed by atoms with Gasteiger partial charge in [-0.1, -0.05) is 47.7 Å². The molecule has 2 heterocycles. The first-order chi connectivity index (χ1) is 12.3. The topological polar surface area (TPSA) is 58.0 Å². The zero-order valence-corrected chi connectivity index (χ0v) is 14.3. The number of pyridine rings is 1. The molecule has 124 valence electrons. The van der Waals surface area contributed by atoms with Gasteiger partial charge >= 0.3 is 0 Å². The average Bonchev–Trinajstić information content (AvgIpc) is 3.09. The summed E-state index contributed by atoms with van der Waals surface area (Å²) < 4.78 is 1.11. The zero-order valence-electron chi connectivity index (χ0n) is 13.5. The van der Waals surface area contributed by atoms with Gasteiger partial charge in [0.1, 0.15) is 0 Å². The Balaban J connectivity index is 1.63. The molecule has 4 rings (SSSR count). The van der Waals surface area contributed by atoms with Gasteiger partial charge in [0.15, 0.2) is 5.13 Å². The maximum absolute atomic E-state index is 9.72. The van der Waals surface area contributed by atoms with Crippen LogP contribution in [-0.4, -0.2) is 21.7 Å². The van der Waals surface area contributed by atoms with E-state index in [9.17, 15) is 5.11 Å². The minimum atomic E-state index is -0.165. The highest BCUT2D eigenvalue weighted by Crippen LogP contribution is 2.32. The van der Waals surface area contributed by atoms with E-state index in [1.165, 1.54) is 0 Å². The fourth-order valence-electron chi connectivity index (χ4n) is 2.78. The van der Waals surface area contributed by atoms with Crippen LogP contribution in [0.5, 0.6) is 0 Å². The SMILES string of the molecule is OC[C@H](Nc1nc2ccc(-c3ccncc3)cc2s1)c1ccccc1. The molecule has 2 aromatic heterocycles. The second-order valence-corrected chi connectivity index (χ2v) is 6.76. The van der Waals surface area contributed by atoms with Gasteiger partial charge in [0.05, 0.1) is 22.9 Å². The number of aliphatic hydroxyl groups is 1. The maximum atomic E-state index is 9.72. The molecule has 0 spiro atoms. The summed E-state index contributed by atoms with van der Waals surface area (Å²) in [6.45, 7) is 0.0161. The Hall–Kier alpha value is -2.76. The van der Waals surface area contributed by atoms with Crippen LogP contribution in [0, 0.1) is 0 Å². The molecule has 0 radical (unpaired) electrons. The van der Waals surface area contributed by atoms with E-state index in [4.69, 9.17) is 0 Å². The van der Waals surface area contributed by atoms with E-state index in [-0.39, 0.29) is 12.6 Å². The molecule has 4 aromatic rings. The first kappa shape index (κ1) is 15.7. The first-order valence-corrected chi connectivity index (χ1v) is 8.88. The third-order valence-corrected chi connectivity index (χ3v) is 5.03. The highest BCUT2D eigenvalue weighted by molar-refractivity contribution is 7.22. The molecule has 25 heavy (non-hydrogen) atoms. The molecule has 0 saturated carbocycles. The number of thiazole rings is 1. The summed E-state index contributed by atoms with van der Waals surface area (Å²) >= 11 is 1.60. The lowest BCUT2D eigenvalue weighted by molar-refractivity contribution is 0.276. The molecule has 0 amide bonds. The van der Waals surface area contributed by atoms with Crippen molar-refractivity contribution in [3.63, 3.8) is 0 Å². The van der Waals surface area contributed by atoms with Crippen molar-refractivity contribution < 1.29 is 5.11 Å². The lowest BCUT2D eigenvalue weighted by Gasteiger charge is -2.15. The first-order valence-electron chi connectivity index (χ1n) is 8.07. The van der Waals surface area contributed by atoms with Crippen molar-refractivity contribution in [1.82, 2.24) is 9.97 Å². The summed E-state index contributed by atoms with van der Waals surface area (Å²) in [5, 5.41) is 13.9. The van der Waals surface area contributed by atoms with Crippen LogP contribution in [0.4, 0.5) is 5.13 Å². The number of hydrogen-bond donors (Lipinski definition) is 2. The van der Waals surface area contributed by atoms with E-state index in [1.807, 2.05) is 48.5 Å². The van der Waals surface area contributed by atoms with Crippen LogP contribution >= 0.6 is 11.3 Å². The van der Waals surface area contributed by atoms with Gasteiger partial charge < -0.3 is 10.4 Å². The standard InChI is InChI=1S/C20H17N3OS/c24-13-18(15-4-2-1-3-5-15)23-20-22-17-7-6-16(12-19(17)25-20)14-8-10-21-11-9-14/h1-12,18,24H,13H2,(H,22,23)/t18-/m0/s1. The lowest BCUT2D eigenvalue weighted by atomic mass is 10.1. The Morgan fingerprint density at radius 2 is 1.76 bits per heavy atom. The Morgan fingerprint density at radius 3 is 2.52 bits per heavy atom. The van der Waals surface area contributed by atoms with Crippen molar-refractivity contribution in [1.29, 1.82) is 0 Å². The quantitative estimate of drug-likeness (QED) is 0.558. The molecule has 0 aliphatic rings. The smallest absolute Gasteiger partial charge is 0.184 e. The highest BCUT2D eigenvalue weighted by Gasteiger charge is 2.13. The van der Waals surface area contributed by atoms with Crippen LogP contribution < -0.4 is 5.32 Å². The summed E-state index contributed by atoms with van der Waals surface area (Å²) in [5.74, 6) is 0. The van der Waals surface area contributed by atoms with Gasteiger partial charge in [-0.05, 0) is 41.0 Å². The molecule has 5 heteroatoms. The van der Waals surface area contributed by atoms with E-state index in [0.717, 1.165) is 32.0 Å². The molecule has 0 aliphatic heterocycles. The van der Waals surface area contributed by atoms with Gasteiger partial charge in [-0.2, -0.15) is 0 Å². The van der Waals surface area contributed by atoms with Crippen molar-refractivity contribution in [2.75, 3.05) is 11.9 Å². The van der Waals surface area contributed by atoms with Crippen LogP contribution in [0.3, 0.4) is 0 Å². The number of fused-ring (bicyclic) bond motifs is 1. The number of nitrogens with zero attached hydrogens (tertiary/aromatic N) is 2. The van der Waals surface area contributed by atoms with E-state index in [2.05, 4.69) is 27.4 Å². The maximum Gasteiger partial charge on any atom is 0.184 e. The monoisotopic (exact) mass is 347 g/mol. The largest absolute Gasteiger partial charge is 0.394 e. The minimum Gasteiger partial charge on any atom is -0.394 e. The molecule has 4 nitrogen and oxygen atoms in total. The lowest BCUT2D eigenvalue weighted by Crippen LogP contribution is -2.14. The van der Waals surface area contributed by atoms with Crippen molar-refractivity contribution in [3.8, 4) is 11.1 Å². The van der Waals surface area contributed by atoms with Gasteiger partial charge in [-0.15, -0.1) is 0 Å². The van der Waals surface area contributed by atoms with Crippen molar-refractivity contribution in [3.05, 3.63) is 78.6 Å². The summed E-state index contributed by atoms with van der Waals surface area (Å²) in [7, 11) is 0. The fraction of sp³-hybridized carbons (Fsp3) is 0.100. The van der Waals surface area contributed by atoms with Gasteiger partial charge in [0.25, 0.3) is 0 Å². The average molecular weight is 347 g/mol. The van der Waals surface area contributed by atoms with Gasteiger partial charge in [0, 0.05) is 12.4 Å². The normalized spacial score (nSPS) is 12.2. The second-order valence-electron chi connectivity index (χ2n) is 5.73. The van der Waals surface area contributed by atoms with Gasteiger partial charge in [-0.25, -0.2) is 4.98 Å². The minimum absolute atomic E-state index is 0.0161. The predicted molar refractivity (Wildman–Crippen MR) is 103 cm³/mol. The van der Waals surface area contributed by atoms with Gasteiger partial charge in [0.2, 0.25) is 0 Å². The number of aromatic nitrogens is 2. The number of hydrogen-bond acceptors (Lipinski definition) is 5. The van der Waals surface area contributed by atoms with E-state index < -0.39 is 0 Å². The molecule has 0 aliphatic carbocycles. The van der Waals surface area contributed by atoms with Crippen LogP contribution in [0.15, 0.2) is 73.1 Å². The molecular weight excluding hydrogens is 330 g/mol. The Morgan fingerprint density at radius 1 is 0.960 bits per heavy atom. The number of benzene rings is 2. The number of nitrogens with one attached hydrogen (secondary N) is 1. The van der Waals surface area contributed by atoms with E-state index in [0.29, 0.717) is 0 Å². The molecule has 2 N–H and O–H groups in total. The Kier molecular flexibility index (Phi) is 4.41. The molecule has 0 saturated heterocycles. The second kappa shape index (κ2) is 7.01. The highest BCUT2D eigenvalue weighted by atomic mass is 32.1. The third-order valence-electron chi connectivity index (χ3n) is 4.08. The Bertz CT molecular complexity index is 970. The number of aliphatic hydroxyl groups excluding tert-OH is 1. The summed E-state index contributed by atoms with van der Waals surface area (Å²) in [6, 6.07) is 20.0. The predicted octanol–water partition coefficient (Wildman–Crippen LogP) is 4.50. The molecule has 2 aromatic carbocycles. The molecule has 0 bridgehead atoms. The van der Waals surface area contributed by atoms with E-state index in [1.54, 1.807) is 23.7 Å². The van der Waals surface area contributed by atoms with E-state index >= 15 is 0 Å². The number of anilines is 1. The van der Waals surface area contributed by atoms with Crippen LogP contribution in [0.1, 0.15) is 11.6 Å². The van der Waals surface area contributed by atoms with Crippen molar-refractivity contribution in [2.24, 2.45) is 0 Å². The van der Waals surface area contributed by atoms with Crippen molar-refractivity contribution >= 4 is 26.7 Å². The fourth-order valence-corrected chi connectivity index (χ4v) is 3.74. The summed E-state index contributed by atoms with van der Waals surface area (Å²) in [6.07, 6.45) is 3.59. The van der Waals surface area contributed by atoms with Gasteiger partial charge in [-0.3, -0.25) is 4.98 Å². The van der Waals surface area contributed by atoms with Crippen LogP contribution in [-0.2, 0) is 0 Å². The van der Waals surface area contributed by atoms with Crippen LogP contribution in [0.2, 0.25) is 0 Å². The zero-order chi connectivity index (χ0) is 17.1. The molecular formula is C20H17N3OS.